The zero-order chi connectivity index (χ0) is 22.7. The first-order valence-electron chi connectivity index (χ1n) is 10.7. The van der Waals surface area contributed by atoms with E-state index in [4.69, 9.17) is 9.16 Å². The van der Waals surface area contributed by atoms with Gasteiger partial charge in [-0.3, -0.25) is 4.79 Å². The molecule has 2 amide bonds. The molecule has 0 saturated carbocycles. The smallest absolute Gasteiger partial charge is 0.408 e. The van der Waals surface area contributed by atoms with Crippen LogP contribution >= 0.6 is 0 Å². The van der Waals surface area contributed by atoms with Crippen LogP contribution in [0.3, 0.4) is 0 Å². The number of amides is 2. The molecular formula is C23H38N2O4Si. The Morgan fingerprint density at radius 2 is 1.73 bits per heavy atom. The predicted octanol–water partition coefficient (Wildman–Crippen LogP) is 4.70. The third-order valence-electron chi connectivity index (χ3n) is 5.71. The second-order valence-electron chi connectivity index (χ2n) is 10.6. The van der Waals surface area contributed by atoms with Gasteiger partial charge in [-0.15, -0.1) is 0 Å². The van der Waals surface area contributed by atoms with Gasteiger partial charge >= 0.3 is 6.09 Å². The van der Waals surface area contributed by atoms with E-state index in [9.17, 15) is 9.59 Å². The van der Waals surface area contributed by atoms with Crippen LogP contribution in [0.2, 0.25) is 18.1 Å². The van der Waals surface area contributed by atoms with Crippen molar-refractivity contribution in [3.8, 4) is 0 Å². The Morgan fingerprint density at radius 1 is 1.13 bits per heavy atom. The first-order chi connectivity index (χ1) is 13.7. The molecule has 168 valence electrons. The lowest BCUT2D eigenvalue weighted by Gasteiger charge is -2.44. The lowest BCUT2D eigenvalue weighted by Crippen LogP contribution is -2.59. The molecule has 30 heavy (non-hydrogen) atoms. The molecule has 1 aromatic rings. The lowest BCUT2D eigenvalue weighted by molar-refractivity contribution is -0.140. The van der Waals surface area contributed by atoms with Crippen molar-refractivity contribution in [3.63, 3.8) is 0 Å². The Kier molecular flexibility index (Phi) is 7.40. The largest absolute Gasteiger partial charge is 0.444 e. The van der Waals surface area contributed by atoms with Gasteiger partial charge < -0.3 is 19.4 Å². The summed E-state index contributed by atoms with van der Waals surface area (Å²) in [6, 6.07) is 9.22. The van der Waals surface area contributed by atoms with Crippen LogP contribution in [0.1, 0.15) is 53.5 Å². The molecule has 2 unspecified atom stereocenters. The van der Waals surface area contributed by atoms with Gasteiger partial charge in [0.05, 0.1) is 6.10 Å². The van der Waals surface area contributed by atoms with Crippen molar-refractivity contribution in [2.45, 2.75) is 90.4 Å². The van der Waals surface area contributed by atoms with Crippen LogP contribution < -0.4 is 5.32 Å². The number of piperidine rings is 1. The van der Waals surface area contributed by atoms with Crippen LogP contribution in [0.5, 0.6) is 0 Å². The van der Waals surface area contributed by atoms with E-state index in [0.717, 1.165) is 5.56 Å². The maximum absolute atomic E-state index is 13.2. The van der Waals surface area contributed by atoms with Gasteiger partial charge in [0.25, 0.3) is 0 Å². The topological polar surface area (TPSA) is 67.9 Å². The molecule has 2 atom stereocenters. The zero-order valence-electron chi connectivity index (χ0n) is 19.7. The number of nitrogens with one attached hydrogen (secondary N) is 1. The van der Waals surface area contributed by atoms with Crippen LogP contribution in [0.15, 0.2) is 30.3 Å². The van der Waals surface area contributed by atoms with Gasteiger partial charge in [-0.1, -0.05) is 51.1 Å². The summed E-state index contributed by atoms with van der Waals surface area (Å²) < 4.78 is 12.0. The van der Waals surface area contributed by atoms with E-state index >= 15 is 0 Å². The molecule has 0 aromatic heterocycles. The monoisotopic (exact) mass is 434 g/mol. The molecule has 0 aliphatic carbocycles. The van der Waals surface area contributed by atoms with Crippen LogP contribution in [-0.2, 0) is 20.5 Å². The number of alkyl carbamates (subject to hydrolysis) is 1. The Hall–Kier alpha value is -1.86. The summed E-state index contributed by atoms with van der Waals surface area (Å²) in [5.41, 5.74) is 0.428. The number of benzene rings is 1. The number of rotatable bonds is 5. The number of ether oxygens (including phenoxy) is 1. The van der Waals surface area contributed by atoms with E-state index in [1.54, 1.807) is 25.7 Å². The van der Waals surface area contributed by atoms with Crippen molar-refractivity contribution >= 4 is 20.3 Å². The maximum Gasteiger partial charge on any atom is 0.408 e. The molecule has 1 heterocycles. The zero-order valence-corrected chi connectivity index (χ0v) is 20.7. The van der Waals surface area contributed by atoms with Crippen molar-refractivity contribution in [3.05, 3.63) is 35.9 Å². The van der Waals surface area contributed by atoms with Crippen LogP contribution in [0, 0.1) is 0 Å². The van der Waals surface area contributed by atoms with E-state index < -0.39 is 26.1 Å². The second-order valence-corrected chi connectivity index (χ2v) is 15.4. The molecule has 2 rings (SSSR count). The number of carbonyl (C=O) groups is 2. The number of hydrogen-bond donors (Lipinski definition) is 1. The van der Waals surface area contributed by atoms with Crippen molar-refractivity contribution in [2.75, 3.05) is 6.54 Å². The van der Waals surface area contributed by atoms with E-state index in [-0.39, 0.29) is 17.0 Å². The molecule has 0 radical (unpaired) electrons. The summed E-state index contributed by atoms with van der Waals surface area (Å²) in [6.45, 7) is 17.4. The van der Waals surface area contributed by atoms with Gasteiger partial charge in [0, 0.05) is 19.5 Å². The highest BCUT2D eigenvalue weighted by Crippen LogP contribution is 2.38. The number of likely N-dealkylation sites (tertiary alicyclic amines) is 1. The Labute approximate surface area is 182 Å². The molecule has 0 bridgehead atoms. The quantitative estimate of drug-likeness (QED) is 0.682. The first-order valence-corrected chi connectivity index (χ1v) is 13.6. The highest BCUT2D eigenvalue weighted by atomic mass is 28.4. The number of carbonyl (C=O) groups excluding carboxylic acids is 2. The maximum atomic E-state index is 13.2. The summed E-state index contributed by atoms with van der Waals surface area (Å²) >= 11 is 0. The standard InChI is InChI=1S/C23H38N2O4Si/c1-22(2,3)28-21(27)24-19-14-18(29-30(7,8)23(4,5)6)16-25(20(19)26)15-17-12-10-9-11-13-17/h9-13,18-19H,14-16H2,1-8H3,(H,24,27). The van der Waals surface area contributed by atoms with Gasteiger partial charge in [-0.25, -0.2) is 4.79 Å². The van der Waals surface area contributed by atoms with E-state index in [2.05, 4.69) is 39.2 Å². The number of hydrogen-bond acceptors (Lipinski definition) is 4. The lowest BCUT2D eigenvalue weighted by atomic mass is 10.0. The fraction of sp³-hybridized carbons (Fsp3) is 0.652. The summed E-state index contributed by atoms with van der Waals surface area (Å²) in [6.07, 6.45) is -0.253. The molecule has 1 N–H and O–H groups in total. The molecule has 1 aromatic carbocycles. The normalized spacial score (nSPS) is 20.8. The van der Waals surface area contributed by atoms with E-state index in [1.807, 2.05) is 30.3 Å². The molecule has 1 saturated heterocycles. The second kappa shape index (κ2) is 9.10. The summed E-state index contributed by atoms with van der Waals surface area (Å²) in [4.78, 5) is 27.3. The van der Waals surface area contributed by atoms with Gasteiger partial charge in [0.1, 0.15) is 11.6 Å². The Bertz CT molecular complexity index is 738. The molecular weight excluding hydrogens is 396 g/mol. The van der Waals surface area contributed by atoms with Crippen molar-refractivity contribution in [2.24, 2.45) is 0 Å². The van der Waals surface area contributed by atoms with Crippen LogP contribution in [0.25, 0.3) is 0 Å². The third-order valence-corrected chi connectivity index (χ3v) is 10.2. The molecule has 0 spiro atoms. The van der Waals surface area contributed by atoms with E-state index in [1.165, 1.54) is 0 Å². The summed E-state index contributed by atoms with van der Waals surface area (Å²) in [7, 11) is -2.03. The van der Waals surface area contributed by atoms with Gasteiger partial charge in [0.2, 0.25) is 5.91 Å². The minimum absolute atomic E-state index is 0.0623. The molecule has 7 heteroatoms. The third kappa shape index (κ3) is 6.84. The first kappa shape index (κ1) is 24.4. The predicted molar refractivity (Wildman–Crippen MR) is 122 cm³/mol. The van der Waals surface area contributed by atoms with Gasteiger partial charge in [-0.05, 0) is 44.5 Å². The average Bonchev–Trinajstić information content (AvgIpc) is 2.57. The minimum atomic E-state index is -2.03. The van der Waals surface area contributed by atoms with Crippen molar-refractivity contribution in [1.29, 1.82) is 0 Å². The molecule has 1 fully saturated rings. The average molecular weight is 435 g/mol. The summed E-state index contributed by atoms with van der Waals surface area (Å²) in [5.74, 6) is -0.0974. The van der Waals surface area contributed by atoms with E-state index in [0.29, 0.717) is 19.5 Å². The Balaban J connectivity index is 2.20. The molecule has 6 nitrogen and oxygen atoms in total. The van der Waals surface area contributed by atoms with Crippen molar-refractivity contribution < 1.29 is 18.8 Å². The molecule has 1 aliphatic heterocycles. The fourth-order valence-corrected chi connectivity index (χ4v) is 4.55. The van der Waals surface area contributed by atoms with Gasteiger partial charge in [-0.2, -0.15) is 0 Å². The highest BCUT2D eigenvalue weighted by Gasteiger charge is 2.43. The van der Waals surface area contributed by atoms with Crippen molar-refractivity contribution in [1.82, 2.24) is 10.2 Å². The fourth-order valence-electron chi connectivity index (χ4n) is 3.19. The Morgan fingerprint density at radius 3 is 2.27 bits per heavy atom. The number of nitrogens with zero attached hydrogens (tertiary/aromatic N) is 1. The van der Waals surface area contributed by atoms with Gasteiger partial charge in [0.15, 0.2) is 8.32 Å². The van der Waals surface area contributed by atoms with Crippen LogP contribution in [0.4, 0.5) is 4.79 Å². The van der Waals surface area contributed by atoms with Crippen LogP contribution in [-0.4, -0.2) is 49.5 Å². The summed E-state index contributed by atoms with van der Waals surface area (Å²) in [5, 5.41) is 2.84. The molecule has 1 aliphatic rings. The highest BCUT2D eigenvalue weighted by molar-refractivity contribution is 6.74. The minimum Gasteiger partial charge on any atom is -0.444 e. The SMILES string of the molecule is CC(C)(C)OC(=O)NC1CC(O[Si](C)(C)C(C)(C)C)CN(Cc2ccccc2)C1=O.